The molecule has 0 aromatic heterocycles. The van der Waals surface area contributed by atoms with Gasteiger partial charge in [-0.05, 0) is 7.05 Å². The average molecular weight is 200 g/mol. The SMILES string of the molecule is C=CCN(C)C(CNC(C)C)COC. The number of methoxy groups -OCH3 is 1. The molecule has 14 heavy (non-hydrogen) atoms. The second-order valence-corrected chi connectivity index (χ2v) is 3.90. The van der Waals surface area contributed by atoms with Gasteiger partial charge in [0.25, 0.3) is 0 Å². The van der Waals surface area contributed by atoms with Gasteiger partial charge in [0, 0.05) is 32.3 Å². The summed E-state index contributed by atoms with van der Waals surface area (Å²) in [7, 11) is 3.83. The molecule has 0 amide bonds. The van der Waals surface area contributed by atoms with Crippen LogP contribution in [-0.2, 0) is 4.74 Å². The summed E-state index contributed by atoms with van der Waals surface area (Å²) in [6.45, 7) is 10.6. The zero-order valence-electron chi connectivity index (χ0n) is 9.92. The minimum absolute atomic E-state index is 0.417. The van der Waals surface area contributed by atoms with Crippen molar-refractivity contribution in [2.24, 2.45) is 0 Å². The molecule has 1 N–H and O–H groups in total. The summed E-state index contributed by atoms with van der Waals surface area (Å²) in [4.78, 5) is 2.24. The monoisotopic (exact) mass is 200 g/mol. The number of hydrogen-bond acceptors (Lipinski definition) is 3. The second kappa shape index (κ2) is 7.97. The number of rotatable bonds is 8. The fourth-order valence-corrected chi connectivity index (χ4v) is 1.26. The van der Waals surface area contributed by atoms with E-state index in [2.05, 4.69) is 37.7 Å². The Morgan fingerprint density at radius 3 is 2.57 bits per heavy atom. The second-order valence-electron chi connectivity index (χ2n) is 3.90. The maximum atomic E-state index is 5.19. The molecular formula is C11H24N2O. The van der Waals surface area contributed by atoms with Crippen LogP contribution in [0, 0.1) is 0 Å². The lowest BCUT2D eigenvalue weighted by molar-refractivity contribution is 0.110. The molecule has 3 nitrogen and oxygen atoms in total. The van der Waals surface area contributed by atoms with Crippen molar-refractivity contribution in [2.75, 3.05) is 33.9 Å². The van der Waals surface area contributed by atoms with Crippen LogP contribution in [0.3, 0.4) is 0 Å². The van der Waals surface area contributed by atoms with Crippen molar-refractivity contribution < 1.29 is 4.74 Å². The molecular weight excluding hydrogens is 176 g/mol. The van der Waals surface area contributed by atoms with Crippen LogP contribution in [0.4, 0.5) is 0 Å². The summed E-state index contributed by atoms with van der Waals surface area (Å²) >= 11 is 0. The Labute approximate surface area is 88.1 Å². The smallest absolute Gasteiger partial charge is 0.0630 e. The first kappa shape index (κ1) is 13.6. The van der Waals surface area contributed by atoms with Crippen LogP contribution in [0.25, 0.3) is 0 Å². The average Bonchev–Trinajstić information content (AvgIpc) is 2.12. The maximum absolute atomic E-state index is 5.19. The molecule has 0 fully saturated rings. The van der Waals surface area contributed by atoms with E-state index in [1.807, 2.05) is 6.08 Å². The molecule has 0 rings (SSSR count). The Hall–Kier alpha value is -0.380. The van der Waals surface area contributed by atoms with Gasteiger partial charge in [-0.3, -0.25) is 4.90 Å². The third-order valence-electron chi connectivity index (χ3n) is 2.16. The molecule has 0 saturated heterocycles. The lowest BCUT2D eigenvalue weighted by Crippen LogP contribution is -2.44. The molecule has 0 aliphatic heterocycles. The van der Waals surface area contributed by atoms with Gasteiger partial charge in [-0.15, -0.1) is 6.58 Å². The van der Waals surface area contributed by atoms with E-state index in [4.69, 9.17) is 4.74 Å². The van der Waals surface area contributed by atoms with Crippen LogP contribution in [0.15, 0.2) is 12.7 Å². The van der Waals surface area contributed by atoms with Crippen LogP contribution in [-0.4, -0.2) is 50.8 Å². The molecule has 0 bridgehead atoms. The van der Waals surface area contributed by atoms with Crippen LogP contribution in [0.2, 0.25) is 0 Å². The molecule has 0 aromatic carbocycles. The highest BCUT2D eigenvalue weighted by Crippen LogP contribution is 1.96. The molecule has 0 spiro atoms. The molecule has 84 valence electrons. The molecule has 0 aliphatic rings. The summed E-state index contributed by atoms with van der Waals surface area (Å²) in [5.74, 6) is 0. The Bertz CT molecular complexity index is 148. The van der Waals surface area contributed by atoms with Gasteiger partial charge < -0.3 is 10.1 Å². The van der Waals surface area contributed by atoms with E-state index < -0.39 is 0 Å². The number of likely N-dealkylation sites (N-methyl/N-ethyl adjacent to an activating group) is 1. The first-order valence-corrected chi connectivity index (χ1v) is 5.15. The van der Waals surface area contributed by atoms with Crippen LogP contribution in [0.1, 0.15) is 13.8 Å². The third-order valence-corrected chi connectivity index (χ3v) is 2.16. The van der Waals surface area contributed by atoms with Gasteiger partial charge in [0.05, 0.1) is 6.61 Å². The zero-order chi connectivity index (χ0) is 11.0. The largest absolute Gasteiger partial charge is 0.383 e. The van der Waals surface area contributed by atoms with Gasteiger partial charge in [-0.2, -0.15) is 0 Å². The normalized spacial score (nSPS) is 13.6. The fourth-order valence-electron chi connectivity index (χ4n) is 1.26. The molecule has 1 unspecified atom stereocenters. The third kappa shape index (κ3) is 6.13. The Morgan fingerprint density at radius 1 is 1.50 bits per heavy atom. The van der Waals surface area contributed by atoms with E-state index in [1.54, 1.807) is 7.11 Å². The van der Waals surface area contributed by atoms with Gasteiger partial charge in [0.2, 0.25) is 0 Å². The maximum Gasteiger partial charge on any atom is 0.0630 e. The van der Waals surface area contributed by atoms with E-state index in [1.165, 1.54) is 0 Å². The summed E-state index contributed by atoms with van der Waals surface area (Å²) in [5.41, 5.74) is 0. The number of nitrogens with one attached hydrogen (secondary N) is 1. The Kier molecular flexibility index (Phi) is 7.76. The highest BCUT2D eigenvalue weighted by molar-refractivity contribution is 4.78. The summed E-state index contributed by atoms with van der Waals surface area (Å²) in [6.07, 6.45) is 1.91. The molecule has 3 heteroatoms. The van der Waals surface area contributed by atoms with E-state index in [9.17, 15) is 0 Å². The van der Waals surface area contributed by atoms with Gasteiger partial charge in [0.1, 0.15) is 0 Å². The first-order valence-electron chi connectivity index (χ1n) is 5.15. The highest BCUT2D eigenvalue weighted by Gasteiger charge is 2.13. The van der Waals surface area contributed by atoms with Gasteiger partial charge in [-0.25, -0.2) is 0 Å². The van der Waals surface area contributed by atoms with Crippen molar-refractivity contribution in [1.29, 1.82) is 0 Å². The Morgan fingerprint density at radius 2 is 2.14 bits per heavy atom. The van der Waals surface area contributed by atoms with E-state index >= 15 is 0 Å². The van der Waals surface area contributed by atoms with Crippen LogP contribution >= 0.6 is 0 Å². The lowest BCUT2D eigenvalue weighted by Gasteiger charge is -2.27. The standard InChI is InChI=1S/C11H24N2O/c1-6-7-13(4)11(9-14-5)8-12-10(2)3/h6,10-12H,1,7-9H2,2-5H3. The lowest BCUT2D eigenvalue weighted by atomic mass is 10.2. The van der Waals surface area contributed by atoms with Crippen molar-refractivity contribution in [3.8, 4) is 0 Å². The number of nitrogens with zero attached hydrogens (tertiary/aromatic N) is 1. The van der Waals surface area contributed by atoms with Gasteiger partial charge in [-0.1, -0.05) is 19.9 Å². The molecule has 1 atom stereocenters. The van der Waals surface area contributed by atoms with Crippen molar-refractivity contribution in [2.45, 2.75) is 25.9 Å². The fraction of sp³-hybridized carbons (Fsp3) is 0.818. The highest BCUT2D eigenvalue weighted by atomic mass is 16.5. The van der Waals surface area contributed by atoms with Crippen molar-refractivity contribution in [3.05, 3.63) is 12.7 Å². The minimum atomic E-state index is 0.417. The topological polar surface area (TPSA) is 24.5 Å². The molecule has 0 aromatic rings. The number of hydrogen-bond donors (Lipinski definition) is 1. The molecule has 0 aliphatic carbocycles. The van der Waals surface area contributed by atoms with Crippen molar-refractivity contribution in [1.82, 2.24) is 10.2 Å². The number of ether oxygens (including phenoxy) is 1. The summed E-state index contributed by atoms with van der Waals surface area (Å²) < 4.78 is 5.19. The van der Waals surface area contributed by atoms with E-state index in [0.717, 1.165) is 19.7 Å². The molecule has 0 heterocycles. The predicted molar refractivity (Wildman–Crippen MR) is 61.6 cm³/mol. The minimum Gasteiger partial charge on any atom is -0.383 e. The van der Waals surface area contributed by atoms with Crippen molar-refractivity contribution >= 4 is 0 Å². The summed E-state index contributed by atoms with van der Waals surface area (Å²) in [5, 5.41) is 3.41. The van der Waals surface area contributed by atoms with Gasteiger partial charge in [0.15, 0.2) is 0 Å². The van der Waals surface area contributed by atoms with E-state index in [0.29, 0.717) is 12.1 Å². The first-order chi connectivity index (χ1) is 6.61. The molecule has 0 radical (unpaired) electrons. The molecule has 0 saturated carbocycles. The van der Waals surface area contributed by atoms with Crippen LogP contribution < -0.4 is 5.32 Å². The van der Waals surface area contributed by atoms with E-state index in [-0.39, 0.29) is 0 Å². The predicted octanol–water partition coefficient (Wildman–Crippen LogP) is 1.12. The van der Waals surface area contributed by atoms with Gasteiger partial charge >= 0.3 is 0 Å². The van der Waals surface area contributed by atoms with Crippen molar-refractivity contribution in [3.63, 3.8) is 0 Å². The Balaban J connectivity index is 3.92. The quantitative estimate of drug-likeness (QED) is 0.594. The summed E-state index contributed by atoms with van der Waals surface area (Å²) in [6, 6.07) is 0.937. The zero-order valence-corrected chi connectivity index (χ0v) is 9.92. The van der Waals surface area contributed by atoms with Crippen LogP contribution in [0.5, 0.6) is 0 Å².